The Morgan fingerprint density at radius 3 is 2.32 bits per heavy atom. The highest BCUT2D eigenvalue weighted by atomic mass is 16.3. The Kier molecular flexibility index (Phi) is 5.15. The minimum Gasteiger partial charge on any atom is -0.509 e. The van der Waals surface area contributed by atoms with Gasteiger partial charge in [0.2, 0.25) is 0 Å². The van der Waals surface area contributed by atoms with Crippen LogP contribution < -0.4 is 0 Å². The molecule has 0 aromatic rings. The number of carbonyl (C=O) groups excluding carboxylic acids is 2. The molecule has 0 radical (unpaired) electrons. The molecule has 1 aliphatic rings. The number of hydrogen-bond donors (Lipinski definition) is 1. The van der Waals surface area contributed by atoms with Gasteiger partial charge in [-0.3, -0.25) is 9.59 Å². The summed E-state index contributed by atoms with van der Waals surface area (Å²) in [6, 6.07) is -0.350. The molecule has 108 valence electrons. The van der Waals surface area contributed by atoms with Gasteiger partial charge in [-0.15, -0.1) is 0 Å². The molecule has 0 aromatic carbocycles. The van der Waals surface area contributed by atoms with Crippen LogP contribution in [0.5, 0.6) is 0 Å². The molecule has 0 unspecified atom stereocenters. The van der Waals surface area contributed by atoms with Gasteiger partial charge in [0.15, 0.2) is 5.78 Å². The molecular weight excluding hydrogens is 242 g/mol. The third-order valence-corrected chi connectivity index (χ3v) is 3.53. The second-order valence-corrected chi connectivity index (χ2v) is 5.91. The van der Waals surface area contributed by atoms with E-state index >= 15 is 0 Å². The summed E-state index contributed by atoms with van der Waals surface area (Å²) < 4.78 is 0. The fourth-order valence-corrected chi connectivity index (χ4v) is 2.43. The van der Waals surface area contributed by atoms with Crippen LogP contribution in [0, 0.1) is 11.8 Å². The summed E-state index contributed by atoms with van der Waals surface area (Å²) in [5.41, 5.74) is 0.00459. The van der Waals surface area contributed by atoms with Gasteiger partial charge in [-0.2, -0.15) is 0 Å². The smallest absolute Gasteiger partial charge is 0.261 e. The highest BCUT2D eigenvalue weighted by molar-refractivity contribution is 6.21. The van der Waals surface area contributed by atoms with E-state index in [1.54, 1.807) is 11.8 Å². The second kappa shape index (κ2) is 6.22. The molecule has 0 fully saturated rings. The van der Waals surface area contributed by atoms with E-state index in [0.29, 0.717) is 12.5 Å². The van der Waals surface area contributed by atoms with Crippen molar-refractivity contribution in [3.63, 3.8) is 0 Å². The number of carbonyl (C=O) groups is 2. The molecule has 0 saturated heterocycles. The van der Waals surface area contributed by atoms with E-state index in [1.165, 1.54) is 0 Å². The summed E-state index contributed by atoms with van der Waals surface area (Å²) in [7, 11) is 0. The molecule has 1 heterocycles. The summed E-state index contributed by atoms with van der Waals surface area (Å²) >= 11 is 0. The summed E-state index contributed by atoms with van der Waals surface area (Å²) in [6.45, 7) is 10.4. The second-order valence-electron chi connectivity index (χ2n) is 5.91. The summed E-state index contributed by atoms with van der Waals surface area (Å²) in [6.07, 6.45) is 1.11. The molecule has 0 aliphatic carbocycles. The van der Waals surface area contributed by atoms with E-state index in [4.69, 9.17) is 0 Å². The van der Waals surface area contributed by atoms with Gasteiger partial charge in [-0.1, -0.05) is 34.6 Å². The lowest BCUT2D eigenvalue weighted by Gasteiger charge is -2.28. The number of Topliss-reactive ketones (excluding diaryl/α,β-unsaturated/α-hetero) is 1. The predicted octanol–water partition coefficient (Wildman–Crippen LogP) is 2.69. The topological polar surface area (TPSA) is 57.6 Å². The normalized spacial score (nSPS) is 20.1. The summed E-state index contributed by atoms with van der Waals surface area (Å²) in [4.78, 5) is 25.8. The van der Waals surface area contributed by atoms with Gasteiger partial charge in [0.05, 0.1) is 6.04 Å². The first-order chi connectivity index (χ1) is 8.81. The van der Waals surface area contributed by atoms with Crippen molar-refractivity contribution in [1.29, 1.82) is 0 Å². The highest BCUT2D eigenvalue weighted by Gasteiger charge is 2.42. The summed E-state index contributed by atoms with van der Waals surface area (Å²) in [5.74, 6) is -0.0218. The average Bonchev–Trinajstić information content (AvgIpc) is 2.57. The van der Waals surface area contributed by atoms with Crippen molar-refractivity contribution in [2.45, 2.75) is 53.5 Å². The molecule has 1 N–H and O–H groups in total. The fourth-order valence-electron chi connectivity index (χ4n) is 2.43. The van der Waals surface area contributed by atoms with E-state index in [1.807, 2.05) is 13.8 Å². The van der Waals surface area contributed by atoms with Crippen molar-refractivity contribution in [1.82, 2.24) is 4.90 Å². The van der Waals surface area contributed by atoms with Crippen molar-refractivity contribution in [3.05, 3.63) is 11.3 Å². The molecule has 0 saturated carbocycles. The summed E-state index contributed by atoms with van der Waals surface area (Å²) in [5, 5.41) is 10.2. The van der Waals surface area contributed by atoms with Crippen LogP contribution in [0.3, 0.4) is 0 Å². The van der Waals surface area contributed by atoms with E-state index in [0.717, 1.165) is 6.42 Å². The number of amides is 1. The maximum atomic E-state index is 12.3. The molecule has 1 aliphatic heterocycles. The molecule has 0 spiro atoms. The zero-order valence-electron chi connectivity index (χ0n) is 12.6. The van der Waals surface area contributed by atoms with Gasteiger partial charge < -0.3 is 10.0 Å². The van der Waals surface area contributed by atoms with Gasteiger partial charge in [0.1, 0.15) is 11.3 Å². The van der Waals surface area contributed by atoms with E-state index in [2.05, 4.69) is 13.8 Å². The van der Waals surface area contributed by atoms with Crippen LogP contribution in [0.2, 0.25) is 0 Å². The number of aliphatic hydroxyl groups excluding tert-OH is 1. The van der Waals surface area contributed by atoms with Crippen LogP contribution in [-0.2, 0) is 9.59 Å². The zero-order valence-corrected chi connectivity index (χ0v) is 12.6. The minimum atomic E-state index is -0.350. The Labute approximate surface area is 115 Å². The molecule has 19 heavy (non-hydrogen) atoms. The van der Waals surface area contributed by atoms with Gasteiger partial charge >= 0.3 is 0 Å². The van der Waals surface area contributed by atoms with Crippen LogP contribution >= 0.6 is 0 Å². The average molecular weight is 267 g/mol. The number of rotatable bonds is 6. The van der Waals surface area contributed by atoms with Crippen molar-refractivity contribution in [2.75, 3.05) is 6.54 Å². The third-order valence-electron chi connectivity index (χ3n) is 3.53. The lowest BCUT2D eigenvalue weighted by molar-refractivity contribution is -0.130. The van der Waals surface area contributed by atoms with Crippen LogP contribution in [0.1, 0.15) is 47.5 Å². The van der Waals surface area contributed by atoms with Gasteiger partial charge in [-0.05, 0) is 18.3 Å². The first-order valence-electron chi connectivity index (χ1n) is 7.08. The number of nitrogens with zero attached hydrogens (tertiary/aromatic N) is 1. The molecule has 1 atom stereocenters. The Balaban J connectivity index is 3.02. The maximum absolute atomic E-state index is 12.3. The third kappa shape index (κ3) is 3.17. The molecule has 4 nitrogen and oxygen atoms in total. The number of aliphatic hydroxyl groups is 1. The Bertz CT molecular complexity index is 396. The van der Waals surface area contributed by atoms with E-state index in [9.17, 15) is 14.7 Å². The number of hydrogen-bond acceptors (Lipinski definition) is 3. The first-order valence-corrected chi connectivity index (χ1v) is 7.08. The largest absolute Gasteiger partial charge is 0.509 e. The molecule has 4 heteroatoms. The Hall–Kier alpha value is -1.32. The Morgan fingerprint density at radius 2 is 1.89 bits per heavy atom. The minimum absolute atomic E-state index is 0.00459. The molecule has 1 amide bonds. The SMILES string of the molecule is CCC(=O)C1=C(O)[C@H](C(C)C)N(CCC(C)C)C1=O. The molecule has 0 bridgehead atoms. The maximum Gasteiger partial charge on any atom is 0.261 e. The van der Waals surface area contributed by atoms with Gasteiger partial charge in [-0.25, -0.2) is 0 Å². The quantitative estimate of drug-likeness (QED) is 0.753. The Morgan fingerprint density at radius 1 is 1.32 bits per heavy atom. The monoisotopic (exact) mass is 267 g/mol. The van der Waals surface area contributed by atoms with Crippen LogP contribution in [0.4, 0.5) is 0 Å². The van der Waals surface area contributed by atoms with Crippen molar-refractivity contribution in [2.24, 2.45) is 11.8 Å². The van der Waals surface area contributed by atoms with Crippen LogP contribution in [0.15, 0.2) is 11.3 Å². The van der Waals surface area contributed by atoms with Crippen LogP contribution in [0.25, 0.3) is 0 Å². The lowest BCUT2D eigenvalue weighted by Crippen LogP contribution is -2.40. The molecular formula is C15H25NO3. The van der Waals surface area contributed by atoms with E-state index in [-0.39, 0.29) is 41.4 Å². The molecule has 1 rings (SSSR count). The van der Waals surface area contributed by atoms with Crippen molar-refractivity contribution >= 4 is 11.7 Å². The zero-order chi connectivity index (χ0) is 14.7. The van der Waals surface area contributed by atoms with Gasteiger partial charge in [0, 0.05) is 13.0 Å². The standard InChI is InChI=1S/C15H25NO3/c1-6-11(17)12-14(18)13(10(4)5)16(15(12)19)8-7-9(2)3/h9-10,13,18H,6-8H2,1-5H3/t13-/m0/s1. The highest BCUT2D eigenvalue weighted by Crippen LogP contribution is 2.30. The fraction of sp³-hybridized carbons (Fsp3) is 0.733. The van der Waals surface area contributed by atoms with Crippen molar-refractivity contribution < 1.29 is 14.7 Å². The number of ketones is 1. The van der Waals surface area contributed by atoms with Crippen molar-refractivity contribution in [3.8, 4) is 0 Å². The predicted molar refractivity (Wildman–Crippen MR) is 74.7 cm³/mol. The lowest BCUT2D eigenvalue weighted by atomic mass is 10.00. The first kappa shape index (κ1) is 15.7. The van der Waals surface area contributed by atoms with Gasteiger partial charge in [0.25, 0.3) is 5.91 Å². The molecule has 0 aromatic heterocycles. The van der Waals surface area contributed by atoms with Crippen LogP contribution in [-0.4, -0.2) is 34.3 Å². The van der Waals surface area contributed by atoms with E-state index < -0.39 is 0 Å².